The number of aromatic nitrogens is 2. The molecule has 0 fully saturated rings. The van der Waals surface area contributed by atoms with Crippen LogP contribution in [0.15, 0.2) is 12.3 Å². The van der Waals surface area contributed by atoms with Gasteiger partial charge in [0.05, 0.1) is 17.3 Å². The van der Waals surface area contributed by atoms with Crippen molar-refractivity contribution in [2.45, 2.75) is 38.8 Å². The van der Waals surface area contributed by atoms with E-state index in [1.807, 2.05) is 17.9 Å². The van der Waals surface area contributed by atoms with Gasteiger partial charge in [0.2, 0.25) is 0 Å². The maximum absolute atomic E-state index is 5.47. The Hall–Kier alpha value is -0.870. The molecule has 0 saturated carbocycles. The zero-order valence-corrected chi connectivity index (χ0v) is 10.9. The van der Waals surface area contributed by atoms with Crippen molar-refractivity contribution in [1.82, 2.24) is 15.1 Å². The summed E-state index contributed by atoms with van der Waals surface area (Å²) in [7, 11) is 3.69. The van der Waals surface area contributed by atoms with Crippen molar-refractivity contribution in [3.8, 4) is 0 Å². The molecule has 1 atom stereocenters. The molecular weight excluding hydrogens is 202 g/mol. The Labute approximate surface area is 98.0 Å². The molecule has 0 amide bonds. The van der Waals surface area contributed by atoms with Crippen LogP contribution in [-0.2, 0) is 11.8 Å². The normalized spacial score (nSPS) is 14.1. The van der Waals surface area contributed by atoms with Crippen LogP contribution in [0.1, 0.15) is 38.9 Å². The van der Waals surface area contributed by atoms with Crippen molar-refractivity contribution in [2.75, 3.05) is 13.7 Å². The lowest BCUT2D eigenvalue weighted by Gasteiger charge is -2.28. The van der Waals surface area contributed by atoms with Gasteiger partial charge in [0.25, 0.3) is 0 Å². The third-order valence-corrected chi connectivity index (χ3v) is 2.79. The van der Waals surface area contributed by atoms with E-state index in [1.165, 1.54) is 0 Å². The number of methoxy groups -OCH3 is 1. The lowest BCUT2D eigenvalue weighted by molar-refractivity contribution is 0.00658. The summed E-state index contributed by atoms with van der Waals surface area (Å²) in [6.07, 6.45) is 2.88. The van der Waals surface area contributed by atoms with Crippen LogP contribution in [0.2, 0.25) is 0 Å². The van der Waals surface area contributed by atoms with Crippen LogP contribution in [0.5, 0.6) is 0 Å². The SMILES string of the molecule is CCNC(CC(C)(C)OC)c1ccn(C)n1. The molecule has 1 aromatic heterocycles. The minimum Gasteiger partial charge on any atom is -0.379 e. The first-order valence-corrected chi connectivity index (χ1v) is 5.76. The molecule has 0 aliphatic rings. The lowest BCUT2D eigenvalue weighted by atomic mass is 9.97. The fourth-order valence-corrected chi connectivity index (χ4v) is 1.72. The molecule has 4 nitrogen and oxygen atoms in total. The van der Waals surface area contributed by atoms with Crippen molar-refractivity contribution in [1.29, 1.82) is 0 Å². The number of rotatable bonds is 6. The van der Waals surface area contributed by atoms with Crippen molar-refractivity contribution in [3.63, 3.8) is 0 Å². The Morgan fingerprint density at radius 2 is 2.25 bits per heavy atom. The summed E-state index contributed by atoms with van der Waals surface area (Å²) in [4.78, 5) is 0. The number of nitrogens with one attached hydrogen (secondary N) is 1. The fourth-order valence-electron chi connectivity index (χ4n) is 1.72. The molecule has 0 aromatic carbocycles. The molecule has 16 heavy (non-hydrogen) atoms. The molecule has 4 heteroatoms. The molecule has 1 heterocycles. The van der Waals surface area contributed by atoms with Crippen LogP contribution in [0.4, 0.5) is 0 Å². The Kier molecular flexibility index (Phi) is 4.50. The molecule has 1 aromatic rings. The van der Waals surface area contributed by atoms with Gasteiger partial charge in [0, 0.05) is 20.4 Å². The summed E-state index contributed by atoms with van der Waals surface area (Å²) < 4.78 is 7.30. The van der Waals surface area contributed by atoms with Gasteiger partial charge in [-0.3, -0.25) is 4.68 Å². The van der Waals surface area contributed by atoms with Crippen LogP contribution in [0.3, 0.4) is 0 Å². The van der Waals surface area contributed by atoms with Gasteiger partial charge in [-0.15, -0.1) is 0 Å². The predicted octanol–water partition coefficient (Wildman–Crippen LogP) is 1.89. The van der Waals surface area contributed by atoms with Crippen LogP contribution >= 0.6 is 0 Å². The molecule has 0 saturated heterocycles. The zero-order chi connectivity index (χ0) is 12.2. The van der Waals surface area contributed by atoms with Gasteiger partial charge in [-0.2, -0.15) is 5.10 Å². The highest BCUT2D eigenvalue weighted by Gasteiger charge is 2.24. The highest BCUT2D eigenvalue weighted by molar-refractivity contribution is 5.06. The summed E-state index contributed by atoms with van der Waals surface area (Å²) in [6.45, 7) is 7.23. The Morgan fingerprint density at radius 3 is 2.69 bits per heavy atom. The highest BCUT2D eigenvalue weighted by atomic mass is 16.5. The first-order chi connectivity index (χ1) is 7.48. The first-order valence-electron chi connectivity index (χ1n) is 5.76. The Balaban J connectivity index is 2.75. The number of hydrogen-bond acceptors (Lipinski definition) is 3. The molecule has 0 spiro atoms. The number of aryl methyl sites for hydroxylation is 1. The largest absolute Gasteiger partial charge is 0.379 e. The topological polar surface area (TPSA) is 39.1 Å². The average Bonchev–Trinajstić information content (AvgIpc) is 2.64. The quantitative estimate of drug-likeness (QED) is 0.803. The maximum Gasteiger partial charge on any atom is 0.0794 e. The number of ether oxygens (including phenoxy) is 1. The summed E-state index contributed by atoms with van der Waals surface area (Å²) in [5.74, 6) is 0. The van der Waals surface area contributed by atoms with E-state index in [0.29, 0.717) is 0 Å². The van der Waals surface area contributed by atoms with Crippen LogP contribution in [-0.4, -0.2) is 29.0 Å². The molecule has 0 aliphatic heterocycles. The first kappa shape index (κ1) is 13.2. The van der Waals surface area contributed by atoms with E-state index in [9.17, 15) is 0 Å². The molecule has 0 radical (unpaired) electrons. The smallest absolute Gasteiger partial charge is 0.0794 e. The van der Waals surface area contributed by atoms with Crippen molar-refractivity contribution >= 4 is 0 Å². The van der Waals surface area contributed by atoms with Gasteiger partial charge >= 0.3 is 0 Å². The van der Waals surface area contributed by atoms with E-state index in [0.717, 1.165) is 18.7 Å². The van der Waals surface area contributed by atoms with Crippen LogP contribution in [0.25, 0.3) is 0 Å². The molecular formula is C12H23N3O. The van der Waals surface area contributed by atoms with Gasteiger partial charge < -0.3 is 10.1 Å². The number of nitrogens with zero attached hydrogens (tertiary/aromatic N) is 2. The van der Waals surface area contributed by atoms with Crippen LogP contribution in [0, 0.1) is 0 Å². The van der Waals surface area contributed by atoms with Crippen LogP contribution < -0.4 is 5.32 Å². The molecule has 1 N–H and O–H groups in total. The summed E-state index contributed by atoms with van der Waals surface area (Å²) in [5, 5.41) is 7.89. The third-order valence-electron chi connectivity index (χ3n) is 2.79. The van der Waals surface area contributed by atoms with E-state index in [4.69, 9.17) is 4.74 Å². The second-order valence-electron chi connectivity index (χ2n) is 4.69. The van der Waals surface area contributed by atoms with Crippen molar-refractivity contribution in [2.24, 2.45) is 7.05 Å². The maximum atomic E-state index is 5.47. The third kappa shape index (κ3) is 3.61. The molecule has 0 bridgehead atoms. The summed E-state index contributed by atoms with van der Waals surface area (Å²) in [6, 6.07) is 2.31. The minimum absolute atomic E-state index is 0.135. The van der Waals surface area contributed by atoms with E-state index in [1.54, 1.807) is 7.11 Å². The summed E-state index contributed by atoms with van der Waals surface area (Å²) >= 11 is 0. The second kappa shape index (κ2) is 5.46. The van der Waals surface area contributed by atoms with Crippen molar-refractivity contribution < 1.29 is 4.74 Å². The van der Waals surface area contributed by atoms with Gasteiger partial charge in [-0.25, -0.2) is 0 Å². The molecule has 92 valence electrons. The monoisotopic (exact) mass is 225 g/mol. The lowest BCUT2D eigenvalue weighted by Crippen LogP contribution is -2.32. The Bertz CT molecular complexity index is 320. The van der Waals surface area contributed by atoms with E-state index < -0.39 is 0 Å². The van der Waals surface area contributed by atoms with Gasteiger partial charge in [0.1, 0.15) is 0 Å². The minimum atomic E-state index is -0.135. The fraction of sp³-hybridized carbons (Fsp3) is 0.750. The second-order valence-corrected chi connectivity index (χ2v) is 4.69. The highest BCUT2D eigenvalue weighted by Crippen LogP contribution is 2.24. The van der Waals surface area contributed by atoms with Crippen molar-refractivity contribution in [3.05, 3.63) is 18.0 Å². The van der Waals surface area contributed by atoms with E-state index in [-0.39, 0.29) is 11.6 Å². The molecule has 1 unspecified atom stereocenters. The number of hydrogen-bond donors (Lipinski definition) is 1. The van der Waals surface area contributed by atoms with E-state index >= 15 is 0 Å². The molecule has 1 rings (SSSR count). The zero-order valence-electron chi connectivity index (χ0n) is 10.9. The Morgan fingerprint density at radius 1 is 1.56 bits per heavy atom. The van der Waals surface area contributed by atoms with Gasteiger partial charge in [-0.05, 0) is 32.9 Å². The molecule has 0 aliphatic carbocycles. The average molecular weight is 225 g/mol. The summed E-state index contributed by atoms with van der Waals surface area (Å²) in [5.41, 5.74) is 0.944. The van der Waals surface area contributed by atoms with Gasteiger partial charge in [-0.1, -0.05) is 6.92 Å². The predicted molar refractivity (Wildman–Crippen MR) is 65.3 cm³/mol. The van der Waals surface area contributed by atoms with Gasteiger partial charge in [0.15, 0.2) is 0 Å². The standard InChI is InChI=1S/C12H23N3O/c1-6-13-11(9-12(2,3)16-5)10-7-8-15(4)14-10/h7-8,11,13H,6,9H2,1-5H3. The van der Waals surface area contributed by atoms with E-state index in [2.05, 4.69) is 37.3 Å².